The molecule has 0 aliphatic heterocycles. The minimum Gasteiger partial charge on any atom is -0.369 e. The smallest absolute Gasteiger partial charge is 0.276 e. The topological polar surface area (TPSA) is 101 Å². The molecule has 4 N–H and O–H groups in total. The first kappa shape index (κ1) is 14.6. The molecule has 0 bridgehead atoms. The first-order valence-corrected chi connectivity index (χ1v) is 7.99. The maximum Gasteiger partial charge on any atom is 0.276 e. The van der Waals surface area contributed by atoms with Crippen LogP contribution in [-0.2, 0) is 4.79 Å². The van der Waals surface area contributed by atoms with Gasteiger partial charge in [-0.2, -0.15) is 5.10 Å². The summed E-state index contributed by atoms with van der Waals surface area (Å²) in [6.07, 6.45) is 2.30. The summed E-state index contributed by atoms with van der Waals surface area (Å²) >= 11 is 1.29. The molecule has 3 rings (SSSR count). The highest BCUT2D eigenvalue weighted by Crippen LogP contribution is 2.39. The number of carbonyl (C=O) groups excluding carboxylic acids is 2. The van der Waals surface area contributed by atoms with E-state index in [1.807, 2.05) is 18.2 Å². The number of anilines is 1. The molecule has 1 saturated carbocycles. The maximum absolute atomic E-state index is 12.3. The number of rotatable bonds is 6. The molecule has 0 spiro atoms. The normalized spacial score (nSPS) is 13.8. The van der Waals surface area contributed by atoms with Crippen molar-refractivity contribution in [1.29, 1.82) is 0 Å². The van der Waals surface area contributed by atoms with Gasteiger partial charge in [0.2, 0.25) is 5.91 Å². The van der Waals surface area contributed by atoms with Gasteiger partial charge in [-0.05, 0) is 31.0 Å². The van der Waals surface area contributed by atoms with Crippen molar-refractivity contribution in [2.24, 2.45) is 5.73 Å². The molecule has 0 unspecified atom stereocenters. The molecular formula is C15H16N4O2S. The van der Waals surface area contributed by atoms with Gasteiger partial charge in [-0.1, -0.05) is 12.1 Å². The molecule has 22 heavy (non-hydrogen) atoms. The SMILES string of the molecule is NC(=O)CSc1ccccc1NC(=O)c1cc(C2CC2)[nH]n1. The van der Waals surface area contributed by atoms with E-state index in [1.54, 1.807) is 12.1 Å². The van der Waals surface area contributed by atoms with E-state index in [9.17, 15) is 9.59 Å². The Hall–Kier alpha value is -2.28. The molecule has 1 fully saturated rings. The van der Waals surface area contributed by atoms with Gasteiger partial charge in [0, 0.05) is 16.5 Å². The molecule has 1 heterocycles. The van der Waals surface area contributed by atoms with Crippen LogP contribution in [0, 0.1) is 0 Å². The Morgan fingerprint density at radius 1 is 1.36 bits per heavy atom. The third kappa shape index (κ3) is 3.48. The van der Waals surface area contributed by atoms with Crippen molar-refractivity contribution in [3.63, 3.8) is 0 Å². The van der Waals surface area contributed by atoms with Gasteiger partial charge < -0.3 is 11.1 Å². The minimum absolute atomic E-state index is 0.168. The first-order valence-electron chi connectivity index (χ1n) is 7.00. The lowest BCUT2D eigenvalue weighted by atomic mass is 10.2. The molecule has 1 aromatic heterocycles. The Bertz CT molecular complexity index is 709. The molecule has 2 amide bonds. The fraction of sp³-hybridized carbons (Fsp3) is 0.267. The predicted octanol–water partition coefficient (Wildman–Crippen LogP) is 2.12. The number of nitrogens with two attached hydrogens (primary N) is 1. The lowest BCUT2D eigenvalue weighted by molar-refractivity contribution is -0.115. The fourth-order valence-corrected chi connectivity index (χ4v) is 2.83. The molecule has 1 aliphatic carbocycles. The van der Waals surface area contributed by atoms with E-state index in [0.717, 1.165) is 23.4 Å². The Kier molecular flexibility index (Phi) is 4.15. The molecule has 7 heteroatoms. The number of nitrogens with zero attached hydrogens (tertiary/aromatic N) is 1. The summed E-state index contributed by atoms with van der Waals surface area (Å²) in [7, 11) is 0. The number of carbonyl (C=O) groups is 2. The number of hydrogen-bond donors (Lipinski definition) is 3. The van der Waals surface area contributed by atoms with Crippen LogP contribution in [0.2, 0.25) is 0 Å². The van der Waals surface area contributed by atoms with Crippen LogP contribution in [0.15, 0.2) is 35.2 Å². The van der Waals surface area contributed by atoms with Crippen LogP contribution >= 0.6 is 11.8 Å². The molecule has 0 saturated heterocycles. The van der Waals surface area contributed by atoms with Gasteiger partial charge in [-0.15, -0.1) is 11.8 Å². The number of benzene rings is 1. The number of primary amides is 1. The predicted molar refractivity (Wildman–Crippen MR) is 84.9 cm³/mol. The second-order valence-corrected chi connectivity index (χ2v) is 6.21. The van der Waals surface area contributed by atoms with Crippen LogP contribution in [0.4, 0.5) is 5.69 Å². The van der Waals surface area contributed by atoms with E-state index in [-0.39, 0.29) is 11.7 Å². The number of hydrogen-bond acceptors (Lipinski definition) is 4. The molecule has 0 radical (unpaired) electrons. The highest BCUT2D eigenvalue weighted by molar-refractivity contribution is 8.00. The number of aromatic nitrogens is 2. The van der Waals surface area contributed by atoms with Crippen molar-refractivity contribution in [2.75, 3.05) is 11.1 Å². The number of amides is 2. The minimum atomic E-state index is -0.396. The standard InChI is InChI=1S/C15H16N4O2S/c16-14(20)8-22-13-4-2-1-3-10(13)17-15(21)12-7-11(18-19-12)9-5-6-9/h1-4,7,9H,5-6,8H2,(H2,16,20)(H,17,21)(H,18,19). The van der Waals surface area contributed by atoms with Gasteiger partial charge in [-0.3, -0.25) is 14.7 Å². The number of thioether (sulfide) groups is 1. The third-order valence-corrected chi connectivity index (χ3v) is 4.45. The first-order chi connectivity index (χ1) is 10.6. The maximum atomic E-state index is 12.3. The van der Waals surface area contributed by atoms with Gasteiger partial charge >= 0.3 is 0 Å². The van der Waals surface area contributed by atoms with Crippen LogP contribution in [0.5, 0.6) is 0 Å². The van der Waals surface area contributed by atoms with Crippen molar-refractivity contribution < 1.29 is 9.59 Å². The summed E-state index contributed by atoms with van der Waals surface area (Å²) in [4.78, 5) is 24.0. The quantitative estimate of drug-likeness (QED) is 0.710. The lowest BCUT2D eigenvalue weighted by Crippen LogP contribution is -2.15. The molecule has 0 atom stereocenters. The molecule has 1 aromatic carbocycles. The molecular weight excluding hydrogens is 300 g/mol. The molecule has 2 aromatic rings. The van der Waals surface area contributed by atoms with Crippen molar-refractivity contribution in [1.82, 2.24) is 10.2 Å². The summed E-state index contributed by atoms with van der Waals surface area (Å²) in [5.74, 6) is 0.0245. The second-order valence-electron chi connectivity index (χ2n) is 5.19. The van der Waals surface area contributed by atoms with Crippen LogP contribution in [0.1, 0.15) is 34.9 Å². The largest absolute Gasteiger partial charge is 0.369 e. The van der Waals surface area contributed by atoms with Crippen LogP contribution in [0.3, 0.4) is 0 Å². The van der Waals surface area contributed by atoms with Gasteiger partial charge in [0.05, 0.1) is 11.4 Å². The van der Waals surface area contributed by atoms with Crippen LogP contribution in [-0.4, -0.2) is 27.8 Å². The Morgan fingerprint density at radius 3 is 2.86 bits per heavy atom. The van der Waals surface area contributed by atoms with Crippen molar-refractivity contribution in [3.8, 4) is 0 Å². The zero-order valence-electron chi connectivity index (χ0n) is 11.8. The summed E-state index contributed by atoms with van der Waals surface area (Å²) < 4.78 is 0. The van der Waals surface area contributed by atoms with Gasteiger partial charge in [0.15, 0.2) is 5.69 Å². The van der Waals surface area contributed by atoms with Gasteiger partial charge in [-0.25, -0.2) is 0 Å². The zero-order chi connectivity index (χ0) is 15.5. The zero-order valence-corrected chi connectivity index (χ0v) is 12.7. The van der Waals surface area contributed by atoms with Gasteiger partial charge in [0.1, 0.15) is 0 Å². The highest BCUT2D eigenvalue weighted by Gasteiger charge is 2.26. The average Bonchev–Trinajstić information content (AvgIpc) is 3.23. The van der Waals surface area contributed by atoms with Gasteiger partial charge in [0.25, 0.3) is 5.91 Å². The summed E-state index contributed by atoms with van der Waals surface area (Å²) in [6, 6.07) is 9.09. The van der Waals surface area contributed by atoms with Crippen LogP contribution in [0.25, 0.3) is 0 Å². The summed E-state index contributed by atoms with van der Waals surface area (Å²) in [6.45, 7) is 0. The average molecular weight is 316 g/mol. The molecule has 114 valence electrons. The van der Waals surface area contributed by atoms with Crippen molar-refractivity contribution >= 4 is 29.3 Å². The van der Waals surface area contributed by atoms with E-state index in [0.29, 0.717) is 17.3 Å². The third-order valence-electron chi connectivity index (χ3n) is 3.35. The van der Waals surface area contributed by atoms with E-state index in [1.165, 1.54) is 11.8 Å². The number of aromatic amines is 1. The van der Waals surface area contributed by atoms with Crippen molar-refractivity contribution in [2.45, 2.75) is 23.7 Å². The van der Waals surface area contributed by atoms with E-state index >= 15 is 0 Å². The summed E-state index contributed by atoms with van der Waals surface area (Å²) in [5.41, 5.74) is 7.19. The van der Waals surface area contributed by atoms with E-state index in [4.69, 9.17) is 5.73 Å². The Morgan fingerprint density at radius 2 is 2.14 bits per heavy atom. The molecule has 6 nitrogen and oxygen atoms in total. The fourth-order valence-electron chi connectivity index (χ4n) is 2.09. The number of nitrogens with one attached hydrogen (secondary N) is 2. The monoisotopic (exact) mass is 316 g/mol. The Labute approximate surface area is 131 Å². The van der Waals surface area contributed by atoms with Crippen LogP contribution < -0.4 is 11.1 Å². The number of H-pyrrole nitrogens is 1. The highest BCUT2D eigenvalue weighted by atomic mass is 32.2. The summed E-state index contributed by atoms with van der Waals surface area (Å²) in [5, 5.41) is 9.80. The van der Waals surface area contributed by atoms with E-state index < -0.39 is 5.91 Å². The number of para-hydroxylation sites is 1. The van der Waals surface area contributed by atoms with E-state index in [2.05, 4.69) is 15.5 Å². The lowest BCUT2D eigenvalue weighted by Gasteiger charge is -2.08. The second kappa shape index (κ2) is 6.23. The van der Waals surface area contributed by atoms with Crippen molar-refractivity contribution in [3.05, 3.63) is 41.7 Å². The Balaban J connectivity index is 1.71. The molecule has 1 aliphatic rings.